The lowest BCUT2D eigenvalue weighted by molar-refractivity contribution is -0.142. The van der Waals surface area contributed by atoms with E-state index in [4.69, 9.17) is 42.7 Å². The van der Waals surface area contributed by atoms with Gasteiger partial charge in [0.25, 0.3) is 5.91 Å². The molecule has 0 saturated heterocycles. The van der Waals surface area contributed by atoms with E-state index >= 15 is 0 Å². The standard InChI is InChI=1S/C46H37Cl2N5O7/c1-52-39(16-17-50-52)45(55)53-24-34-22-42-41(59-26-43(60-42)32-11-13-35(14-12-32)58-25-29-6-15-36(47)37(48)18-29)21-33(34)20-40(53)44(54)51-38(46(56)57)19-27-2-7-30(8-3-27)31-9-4-28(23-49)5-10-31/h2-18,21-22,38,40,43H,19-20,24-26H2,1H3,(H,51,54)(H,56,57)/t38-,40-,43?/m0/s1. The first kappa shape index (κ1) is 40.0. The van der Waals surface area contributed by atoms with Crippen LogP contribution in [-0.2, 0) is 42.6 Å². The zero-order valence-corrected chi connectivity index (χ0v) is 33.7. The van der Waals surface area contributed by atoms with Gasteiger partial charge in [0.2, 0.25) is 5.91 Å². The second-order valence-corrected chi connectivity index (χ2v) is 15.4. The molecule has 0 saturated carbocycles. The molecular formula is C46H37Cl2N5O7. The van der Waals surface area contributed by atoms with E-state index in [2.05, 4.69) is 16.5 Å². The molecule has 60 heavy (non-hydrogen) atoms. The van der Waals surface area contributed by atoms with E-state index in [-0.39, 0.29) is 31.7 Å². The van der Waals surface area contributed by atoms with Crippen molar-refractivity contribution in [1.82, 2.24) is 20.0 Å². The van der Waals surface area contributed by atoms with Gasteiger partial charge in [0, 0.05) is 32.6 Å². The van der Waals surface area contributed by atoms with Crippen molar-refractivity contribution in [3.63, 3.8) is 0 Å². The fraction of sp³-hybridized carbons (Fsp3) is 0.196. The summed E-state index contributed by atoms with van der Waals surface area (Å²) in [7, 11) is 1.64. The molecule has 5 aromatic carbocycles. The Bertz CT molecular complexity index is 2620. The number of aryl methyl sites for hydroxylation is 1. The third-order valence-corrected chi connectivity index (χ3v) is 11.4. The monoisotopic (exact) mass is 841 g/mol. The molecule has 2 aliphatic rings. The Morgan fingerprint density at radius 2 is 1.60 bits per heavy atom. The van der Waals surface area contributed by atoms with Crippen LogP contribution in [0.1, 0.15) is 50.0 Å². The van der Waals surface area contributed by atoms with E-state index < -0.39 is 36.0 Å². The Kier molecular flexibility index (Phi) is 11.5. The van der Waals surface area contributed by atoms with Crippen molar-refractivity contribution in [1.29, 1.82) is 5.26 Å². The molecule has 0 spiro atoms. The van der Waals surface area contributed by atoms with Crippen LogP contribution in [-0.4, -0.2) is 56.3 Å². The van der Waals surface area contributed by atoms with Gasteiger partial charge in [0.15, 0.2) is 17.6 Å². The Morgan fingerprint density at radius 3 is 2.27 bits per heavy atom. The van der Waals surface area contributed by atoms with Crippen molar-refractivity contribution in [3.05, 3.63) is 165 Å². The topological polar surface area (TPSA) is 156 Å². The first-order valence-corrected chi connectivity index (χ1v) is 19.8. The summed E-state index contributed by atoms with van der Waals surface area (Å²) < 4.78 is 20.0. The van der Waals surface area contributed by atoms with Gasteiger partial charge >= 0.3 is 5.97 Å². The number of carbonyl (C=O) groups excluding carboxylic acids is 2. The third kappa shape index (κ3) is 8.64. The van der Waals surface area contributed by atoms with Crippen LogP contribution in [0.4, 0.5) is 0 Å². The highest BCUT2D eigenvalue weighted by molar-refractivity contribution is 6.42. The number of hydrogen-bond acceptors (Lipinski definition) is 8. The smallest absolute Gasteiger partial charge is 0.326 e. The van der Waals surface area contributed by atoms with Crippen LogP contribution in [0.25, 0.3) is 11.1 Å². The maximum absolute atomic E-state index is 14.1. The van der Waals surface area contributed by atoms with E-state index in [1.807, 2.05) is 78.9 Å². The molecule has 1 aromatic heterocycles. The number of fused-ring (bicyclic) bond motifs is 2. The summed E-state index contributed by atoms with van der Waals surface area (Å²) in [6.07, 6.45) is 1.21. The van der Waals surface area contributed by atoms with Gasteiger partial charge in [-0.05, 0) is 93.5 Å². The van der Waals surface area contributed by atoms with Crippen LogP contribution < -0.4 is 19.5 Å². The molecule has 0 radical (unpaired) electrons. The van der Waals surface area contributed by atoms with Crippen molar-refractivity contribution in [2.24, 2.45) is 7.05 Å². The van der Waals surface area contributed by atoms with Gasteiger partial charge in [-0.2, -0.15) is 10.4 Å². The van der Waals surface area contributed by atoms with E-state index in [1.165, 1.54) is 15.8 Å². The number of ether oxygens (including phenoxy) is 3. The molecule has 0 aliphatic carbocycles. The lowest BCUT2D eigenvalue weighted by Gasteiger charge is -2.37. The number of benzene rings is 5. The predicted molar refractivity (Wildman–Crippen MR) is 223 cm³/mol. The minimum Gasteiger partial charge on any atom is -0.489 e. The lowest BCUT2D eigenvalue weighted by Crippen LogP contribution is -2.56. The summed E-state index contributed by atoms with van der Waals surface area (Å²) in [5.41, 5.74) is 6.63. The number of nitrogens with zero attached hydrogens (tertiary/aromatic N) is 4. The molecule has 0 bridgehead atoms. The molecule has 0 fully saturated rings. The number of carboxylic acid groups (broad SMARTS) is 1. The molecule has 302 valence electrons. The van der Waals surface area contributed by atoms with Crippen LogP contribution in [0.2, 0.25) is 10.0 Å². The van der Waals surface area contributed by atoms with Crippen LogP contribution in [0, 0.1) is 11.3 Å². The molecular weight excluding hydrogens is 805 g/mol. The molecule has 8 rings (SSSR count). The summed E-state index contributed by atoms with van der Waals surface area (Å²) in [5, 5.41) is 27.2. The summed E-state index contributed by atoms with van der Waals surface area (Å²) in [5.74, 6) is -0.573. The Morgan fingerprint density at radius 1 is 0.900 bits per heavy atom. The van der Waals surface area contributed by atoms with Crippen LogP contribution in [0.3, 0.4) is 0 Å². The number of carboxylic acids is 1. The third-order valence-electron chi connectivity index (χ3n) is 10.7. The van der Waals surface area contributed by atoms with E-state index in [9.17, 15) is 19.5 Å². The fourth-order valence-corrected chi connectivity index (χ4v) is 7.66. The number of halogens is 2. The zero-order chi connectivity index (χ0) is 41.9. The van der Waals surface area contributed by atoms with Crippen molar-refractivity contribution in [2.75, 3.05) is 6.61 Å². The average molecular weight is 843 g/mol. The van der Waals surface area contributed by atoms with E-state index in [0.717, 1.165) is 33.4 Å². The fourth-order valence-electron chi connectivity index (χ4n) is 7.34. The largest absolute Gasteiger partial charge is 0.489 e. The van der Waals surface area contributed by atoms with Gasteiger partial charge in [0.1, 0.15) is 36.7 Å². The number of nitriles is 1. The van der Waals surface area contributed by atoms with E-state index in [0.29, 0.717) is 45.0 Å². The second kappa shape index (κ2) is 17.2. The number of aromatic nitrogens is 2. The Balaban J connectivity index is 0.976. The Labute approximate surface area is 355 Å². The van der Waals surface area contributed by atoms with Crippen molar-refractivity contribution < 1.29 is 33.7 Å². The van der Waals surface area contributed by atoms with Gasteiger partial charge in [-0.25, -0.2) is 4.79 Å². The number of rotatable bonds is 11. The summed E-state index contributed by atoms with van der Waals surface area (Å²) in [6.45, 7) is 0.606. The summed E-state index contributed by atoms with van der Waals surface area (Å²) >= 11 is 12.2. The van der Waals surface area contributed by atoms with Gasteiger partial charge < -0.3 is 29.5 Å². The van der Waals surface area contributed by atoms with Crippen LogP contribution in [0.5, 0.6) is 17.2 Å². The average Bonchev–Trinajstić information content (AvgIpc) is 3.70. The molecule has 14 heteroatoms. The van der Waals surface area contributed by atoms with Crippen LogP contribution >= 0.6 is 23.2 Å². The van der Waals surface area contributed by atoms with Crippen molar-refractivity contribution in [2.45, 2.75) is 44.2 Å². The normalized spacial score (nSPS) is 15.9. The molecule has 2 amide bonds. The number of aliphatic carboxylic acids is 1. The van der Waals surface area contributed by atoms with Gasteiger partial charge in [-0.15, -0.1) is 0 Å². The highest BCUT2D eigenvalue weighted by Gasteiger charge is 2.39. The number of amides is 2. The lowest BCUT2D eigenvalue weighted by atomic mass is 9.91. The predicted octanol–water partition coefficient (Wildman–Crippen LogP) is 7.74. The molecule has 1 unspecified atom stereocenters. The minimum absolute atomic E-state index is 0.0159. The first-order chi connectivity index (χ1) is 29.0. The molecule has 12 nitrogen and oxygen atoms in total. The molecule has 2 N–H and O–H groups in total. The maximum atomic E-state index is 14.1. The zero-order valence-electron chi connectivity index (χ0n) is 32.2. The number of carbonyl (C=O) groups is 3. The molecule has 3 heterocycles. The summed E-state index contributed by atoms with van der Waals surface area (Å²) in [6, 6.07) is 32.5. The van der Waals surface area contributed by atoms with Crippen molar-refractivity contribution >= 4 is 41.0 Å². The Hall–Kier alpha value is -6.81. The van der Waals surface area contributed by atoms with E-state index in [1.54, 1.807) is 37.4 Å². The number of nitrogens with one attached hydrogen (secondary N) is 1. The first-order valence-electron chi connectivity index (χ1n) is 19.1. The quantitative estimate of drug-likeness (QED) is 0.133. The SMILES string of the molecule is Cn1nccc1C(=O)N1Cc2cc3c(cc2C[C@H]1C(=O)N[C@@H](Cc1ccc(-c2ccc(C#N)cc2)cc1)C(=O)O)OCC(c1ccc(OCc2ccc(Cl)c(Cl)c2)cc1)O3. The molecule has 2 aliphatic heterocycles. The highest BCUT2D eigenvalue weighted by atomic mass is 35.5. The maximum Gasteiger partial charge on any atom is 0.326 e. The van der Waals surface area contributed by atoms with Crippen molar-refractivity contribution in [3.8, 4) is 34.4 Å². The molecule has 6 aromatic rings. The minimum atomic E-state index is -1.27. The van der Waals surface area contributed by atoms with Gasteiger partial charge in [-0.1, -0.05) is 77.8 Å². The second-order valence-electron chi connectivity index (χ2n) is 14.6. The molecule has 3 atom stereocenters. The van der Waals surface area contributed by atoms with Gasteiger partial charge in [0.05, 0.1) is 21.7 Å². The van der Waals surface area contributed by atoms with Gasteiger partial charge in [-0.3, -0.25) is 14.3 Å². The van der Waals surface area contributed by atoms with Crippen LogP contribution in [0.15, 0.2) is 115 Å². The summed E-state index contributed by atoms with van der Waals surface area (Å²) in [4.78, 5) is 42.2. The number of hydrogen-bond donors (Lipinski definition) is 2. The highest BCUT2D eigenvalue weighted by Crippen LogP contribution is 2.41.